The van der Waals surface area contributed by atoms with Crippen LogP contribution in [0.4, 0.5) is 5.82 Å². The Morgan fingerprint density at radius 3 is 3.04 bits per heavy atom. The van der Waals surface area contributed by atoms with Gasteiger partial charge in [0.15, 0.2) is 5.69 Å². The molecule has 1 amide bonds. The van der Waals surface area contributed by atoms with E-state index < -0.39 is 5.60 Å². The first-order valence-corrected chi connectivity index (χ1v) is 9.11. The Hall–Kier alpha value is -2.48. The van der Waals surface area contributed by atoms with E-state index in [-0.39, 0.29) is 12.5 Å². The fraction of sp³-hybridized carbons (Fsp3) is 0.556. The number of likely N-dealkylation sites (N-methyl/N-ethyl adjacent to an activating group) is 1. The van der Waals surface area contributed by atoms with Gasteiger partial charge in [-0.05, 0) is 32.1 Å². The van der Waals surface area contributed by atoms with Crippen LogP contribution in [0.15, 0.2) is 18.6 Å². The van der Waals surface area contributed by atoms with Gasteiger partial charge in [0.25, 0.3) is 5.91 Å². The van der Waals surface area contributed by atoms with Gasteiger partial charge in [-0.25, -0.2) is 4.98 Å². The van der Waals surface area contributed by atoms with Crippen molar-refractivity contribution in [1.82, 2.24) is 25.1 Å². The molecular formula is C18H24N6O2. The standard InChI is InChI=1S/C18H24N6O2/c1-23(17(25)16-13-4-2-3-5-14(13)21-22-16)11-18(26)6-9-24(12-18)15-10-19-7-8-20-15/h7-8,10,26H,2-6,9,11-12H2,1H3,(H,21,22). The molecule has 8 heteroatoms. The Bertz CT molecular complexity index is 792. The number of anilines is 1. The van der Waals surface area contributed by atoms with Crippen LogP contribution < -0.4 is 4.90 Å². The fourth-order valence-corrected chi connectivity index (χ4v) is 3.99. The second-order valence-electron chi connectivity index (χ2n) is 7.36. The molecule has 138 valence electrons. The van der Waals surface area contributed by atoms with Crippen molar-refractivity contribution in [2.45, 2.75) is 37.7 Å². The Kier molecular flexibility index (Phi) is 4.36. The first-order valence-electron chi connectivity index (χ1n) is 9.11. The van der Waals surface area contributed by atoms with Crippen molar-refractivity contribution in [2.24, 2.45) is 0 Å². The molecule has 1 unspecified atom stereocenters. The number of aliphatic hydroxyl groups is 1. The van der Waals surface area contributed by atoms with E-state index in [9.17, 15) is 9.90 Å². The van der Waals surface area contributed by atoms with Crippen LogP contribution in [0, 0.1) is 0 Å². The summed E-state index contributed by atoms with van der Waals surface area (Å²) in [6.45, 7) is 1.39. The van der Waals surface area contributed by atoms with E-state index >= 15 is 0 Å². The van der Waals surface area contributed by atoms with E-state index in [0.717, 1.165) is 42.8 Å². The third-order valence-electron chi connectivity index (χ3n) is 5.34. The molecule has 8 nitrogen and oxygen atoms in total. The minimum Gasteiger partial charge on any atom is -0.386 e. The number of aromatic nitrogens is 4. The van der Waals surface area contributed by atoms with E-state index in [4.69, 9.17) is 0 Å². The number of rotatable bonds is 4. The molecular weight excluding hydrogens is 332 g/mol. The second-order valence-corrected chi connectivity index (χ2v) is 7.36. The SMILES string of the molecule is CN(CC1(O)CCN(c2cnccn2)C1)C(=O)c1n[nH]c2c1CCCC2. The lowest BCUT2D eigenvalue weighted by Crippen LogP contribution is -2.46. The van der Waals surface area contributed by atoms with Crippen LogP contribution in [-0.4, -0.2) is 68.4 Å². The maximum atomic E-state index is 12.9. The van der Waals surface area contributed by atoms with E-state index in [1.54, 1.807) is 30.5 Å². The highest BCUT2D eigenvalue weighted by atomic mass is 16.3. The van der Waals surface area contributed by atoms with Crippen molar-refractivity contribution >= 4 is 11.7 Å². The molecule has 1 aliphatic heterocycles. The molecule has 1 saturated heterocycles. The molecule has 1 aliphatic carbocycles. The molecule has 0 spiro atoms. The van der Waals surface area contributed by atoms with Crippen molar-refractivity contribution in [3.63, 3.8) is 0 Å². The predicted octanol–water partition coefficient (Wildman–Crippen LogP) is 0.792. The first-order chi connectivity index (χ1) is 12.6. The number of hydrogen-bond acceptors (Lipinski definition) is 6. The summed E-state index contributed by atoms with van der Waals surface area (Å²) in [7, 11) is 1.73. The van der Waals surface area contributed by atoms with Gasteiger partial charge in [0.05, 0.1) is 12.7 Å². The lowest BCUT2D eigenvalue weighted by atomic mass is 9.95. The van der Waals surface area contributed by atoms with Gasteiger partial charge in [-0.15, -0.1) is 0 Å². The minimum atomic E-state index is -0.960. The van der Waals surface area contributed by atoms with Crippen molar-refractivity contribution < 1.29 is 9.90 Å². The van der Waals surface area contributed by atoms with Gasteiger partial charge >= 0.3 is 0 Å². The average Bonchev–Trinajstić information content (AvgIpc) is 3.26. The van der Waals surface area contributed by atoms with E-state index in [0.29, 0.717) is 25.2 Å². The maximum absolute atomic E-state index is 12.9. The highest BCUT2D eigenvalue weighted by molar-refractivity contribution is 5.94. The summed E-state index contributed by atoms with van der Waals surface area (Å²) in [5.41, 5.74) is 1.68. The lowest BCUT2D eigenvalue weighted by molar-refractivity contribution is 0.0261. The number of aromatic amines is 1. The number of hydrogen-bond donors (Lipinski definition) is 2. The molecule has 1 atom stereocenters. The maximum Gasteiger partial charge on any atom is 0.274 e. The quantitative estimate of drug-likeness (QED) is 0.841. The third-order valence-corrected chi connectivity index (χ3v) is 5.34. The first kappa shape index (κ1) is 17.0. The molecule has 2 aromatic heterocycles. The molecule has 0 bridgehead atoms. The van der Waals surface area contributed by atoms with Crippen LogP contribution in [0.3, 0.4) is 0 Å². The zero-order valence-electron chi connectivity index (χ0n) is 15.0. The highest BCUT2D eigenvalue weighted by Gasteiger charge is 2.39. The van der Waals surface area contributed by atoms with Crippen LogP contribution in [0.5, 0.6) is 0 Å². The molecule has 0 aromatic carbocycles. The lowest BCUT2D eigenvalue weighted by Gasteiger charge is -2.29. The average molecular weight is 356 g/mol. The summed E-state index contributed by atoms with van der Waals surface area (Å²) in [4.78, 5) is 24.8. The number of nitrogens with one attached hydrogen (secondary N) is 1. The minimum absolute atomic E-state index is 0.129. The molecule has 0 saturated carbocycles. The van der Waals surface area contributed by atoms with Gasteiger partial charge in [0.1, 0.15) is 11.4 Å². The summed E-state index contributed by atoms with van der Waals surface area (Å²) < 4.78 is 0. The van der Waals surface area contributed by atoms with Crippen molar-refractivity contribution in [3.8, 4) is 0 Å². The van der Waals surface area contributed by atoms with Crippen LogP contribution >= 0.6 is 0 Å². The van der Waals surface area contributed by atoms with Gasteiger partial charge in [0, 0.05) is 43.8 Å². The van der Waals surface area contributed by atoms with Crippen LogP contribution in [0.25, 0.3) is 0 Å². The number of aryl methyl sites for hydroxylation is 1. The number of H-pyrrole nitrogens is 1. The van der Waals surface area contributed by atoms with Gasteiger partial charge in [-0.3, -0.25) is 14.9 Å². The molecule has 2 N–H and O–H groups in total. The van der Waals surface area contributed by atoms with E-state index in [2.05, 4.69) is 20.2 Å². The molecule has 1 fully saturated rings. The number of nitrogens with zero attached hydrogens (tertiary/aromatic N) is 5. The second kappa shape index (κ2) is 6.68. The van der Waals surface area contributed by atoms with E-state index in [1.807, 2.05) is 4.90 Å². The Balaban J connectivity index is 1.44. The molecule has 2 aliphatic rings. The third kappa shape index (κ3) is 3.16. The van der Waals surface area contributed by atoms with Gasteiger partial charge < -0.3 is 14.9 Å². The topological polar surface area (TPSA) is 98.2 Å². The summed E-state index contributed by atoms with van der Waals surface area (Å²) in [6.07, 6.45) is 9.62. The molecule has 0 radical (unpaired) electrons. The number of fused-ring (bicyclic) bond motifs is 1. The van der Waals surface area contributed by atoms with Crippen LogP contribution in [0.1, 0.15) is 41.0 Å². The zero-order chi connectivity index (χ0) is 18.1. The Morgan fingerprint density at radius 2 is 2.23 bits per heavy atom. The molecule has 26 heavy (non-hydrogen) atoms. The number of β-amino-alcohol motifs (C(OH)–C–C–N with tert-alkyl or cyclic N) is 1. The highest BCUT2D eigenvalue weighted by Crippen LogP contribution is 2.27. The number of carbonyl (C=O) groups is 1. The summed E-state index contributed by atoms with van der Waals surface area (Å²) in [5, 5.41) is 18.2. The zero-order valence-corrected chi connectivity index (χ0v) is 15.0. The Morgan fingerprint density at radius 1 is 1.38 bits per heavy atom. The van der Waals surface area contributed by atoms with Gasteiger partial charge in [-0.2, -0.15) is 5.10 Å². The largest absolute Gasteiger partial charge is 0.386 e. The monoisotopic (exact) mass is 356 g/mol. The number of amides is 1. The van der Waals surface area contributed by atoms with Crippen molar-refractivity contribution in [3.05, 3.63) is 35.5 Å². The normalized spacial score (nSPS) is 22.3. The summed E-state index contributed by atoms with van der Waals surface area (Å²) in [5.74, 6) is 0.620. The van der Waals surface area contributed by atoms with Gasteiger partial charge in [-0.1, -0.05) is 0 Å². The summed E-state index contributed by atoms with van der Waals surface area (Å²) in [6, 6.07) is 0. The molecule has 2 aromatic rings. The van der Waals surface area contributed by atoms with Crippen LogP contribution in [0.2, 0.25) is 0 Å². The number of carbonyl (C=O) groups excluding carboxylic acids is 1. The predicted molar refractivity (Wildman–Crippen MR) is 96.0 cm³/mol. The summed E-state index contributed by atoms with van der Waals surface area (Å²) >= 11 is 0. The Labute approximate surface area is 152 Å². The van der Waals surface area contributed by atoms with E-state index in [1.165, 1.54) is 0 Å². The van der Waals surface area contributed by atoms with Crippen molar-refractivity contribution in [1.29, 1.82) is 0 Å². The molecule has 3 heterocycles. The molecule has 4 rings (SSSR count). The van der Waals surface area contributed by atoms with Crippen LogP contribution in [-0.2, 0) is 12.8 Å². The fourth-order valence-electron chi connectivity index (χ4n) is 3.99. The van der Waals surface area contributed by atoms with Crippen molar-refractivity contribution in [2.75, 3.05) is 31.6 Å². The van der Waals surface area contributed by atoms with Gasteiger partial charge in [0.2, 0.25) is 0 Å². The smallest absolute Gasteiger partial charge is 0.274 e.